The molecule has 5 nitrogen and oxygen atoms in total. The van der Waals surface area contributed by atoms with Crippen molar-refractivity contribution in [3.8, 4) is 5.75 Å². The van der Waals surface area contributed by atoms with Crippen LogP contribution in [0.2, 0.25) is 0 Å². The normalized spacial score (nSPS) is 16.9. The third-order valence-electron chi connectivity index (χ3n) is 3.42. The lowest BCUT2D eigenvalue weighted by molar-refractivity contribution is 0.320. The van der Waals surface area contributed by atoms with Gasteiger partial charge >= 0.3 is 0 Å². The monoisotopic (exact) mass is 273 g/mol. The van der Waals surface area contributed by atoms with Gasteiger partial charge in [0.25, 0.3) is 0 Å². The first kappa shape index (κ1) is 13.1. The molecular weight excluding hydrogens is 254 g/mol. The highest BCUT2D eigenvalue weighted by Gasteiger charge is 2.29. The Kier molecular flexibility index (Phi) is 3.97. The number of para-hydroxylation sites is 1. The predicted molar refractivity (Wildman–Crippen MR) is 74.9 cm³/mol. The van der Waals surface area contributed by atoms with Crippen LogP contribution >= 0.6 is 0 Å². The zero-order chi connectivity index (χ0) is 13.8. The van der Waals surface area contributed by atoms with Crippen molar-refractivity contribution in [2.24, 2.45) is 0 Å². The number of rotatable bonds is 6. The average Bonchev–Trinajstić information content (AvgIpc) is 3.10. The Morgan fingerprint density at radius 3 is 3.05 bits per heavy atom. The lowest BCUT2D eigenvalue weighted by atomic mass is 10.0. The van der Waals surface area contributed by atoms with Gasteiger partial charge in [-0.05, 0) is 19.0 Å². The Morgan fingerprint density at radius 2 is 2.15 bits per heavy atom. The number of nitrogens with one attached hydrogen (secondary N) is 1. The minimum atomic E-state index is 0.0658. The highest BCUT2D eigenvalue weighted by molar-refractivity contribution is 5.42. The van der Waals surface area contributed by atoms with Crippen molar-refractivity contribution in [1.29, 1.82) is 0 Å². The van der Waals surface area contributed by atoms with Gasteiger partial charge in [-0.15, -0.1) is 10.2 Å². The summed E-state index contributed by atoms with van der Waals surface area (Å²) in [5.41, 5.74) is 1.13. The Balaban J connectivity index is 1.66. The Labute approximate surface area is 118 Å². The van der Waals surface area contributed by atoms with Crippen molar-refractivity contribution < 1.29 is 9.15 Å². The van der Waals surface area contributed by atoms with Gasteiger partial charge in [-0.3, -0.25) is 0 Å². The summed E-state index contributed by atoms with van der Waals surface area (Å²) < 4.78 is 11.4. The molecule has 1 atom stereocenters. The molecule has 0 amide bonds. The number of fused-ring (bicyclic) bond motifs is 1. The molecule has 0 spiro atoms. The lowest BCUT2D eigenvalue weighted by Gasteiger charge is -2.02. The van der Waals surface area contributed by atoms with Crippen LogP contribution < -0.4 is 10.1 Å². The summed E-state index contributed by atoms with van der Waals surface area (Å²) in [6.07, 6.45) is 1.90. The summed E-state index contributed by atoms with van der Waals surface area (Å²) in [7, 11) is 0. The molecule has 0 saturated heterocycles. The maximum absolute atomic E-state index is 5.76. The largest absolute Gasteiger partial charge is 0.492 e. The van der Waals surface area contributed by atoms with Crippen LogP contribution in [0.4, 0.5) is 0 Å². The summed E-state index contributed by atoms with van der Waals surface area (Å²) in [6, 6.07) is 8.01. The minimum Gasteiger partial charge on any atom is -0.492 e. The van der Waals surface area contributed by atoms with E-state index in [9.17, 15) is 0 Å². The summed E-state index contributed by atoms with van der Waals surface area (Å²) in [4.78, 5) is 0. The maximum atomic E-state index is 5.76. The van der Waals surface area contributed by atoms with Crippen molar-refractivity contribution in [3.63, 3.8) is 0 Å². The first-order valence-corrected chi connectivity index (χ1v) is 7.13. The fourth-order valence-electron chi connectivity index (χ4n) is 2.37. The van der Waals surface area contributed by atoms with E-state index in [2.05, 4.69) is 28.5 Å². The highest BCUT2D eigenvalue weighted by atomic mass is 16.5. The number of nitrogens with zero attached hydrogens (tertiary/aromatic N) is 2. The number of hydrogen-bond donors (Lipinski definition) is 1. The lowest BCUT2D eigenvalue weighted by Crippen LogP contribution is -2.17. The molecule has 5 heteroatoms. The van der Waals surface area contributed by atoms with Gasteiger partial charge in [-0.1, -0.05) is 25.1 Å². The van der Waals surface area contributed by atoms with Crippen LogP contribution in [0, 0.1) is 0 Å². The first-order valence-electron chi connectivity index (χ1n) is 7.13. The molecule has 1 N–H and O–H groups in total. The smallest absolute Gasteiger partial charge is 0.227 e. The SMILES string of the molecule is CCCNCCc1nnc(C2COc3ccccc32)o1. The molecule has 3 rings (SSSR count). The van der Waals surface area contributed by atoms with Crippen molar-refractivity contribution in [1.82, 2.24) is 15.5 Å². The molecule has 1 unspecified atom stereocenters. The van der Waals surface area contributed by atoms with Crippen LogP contribution in [-0.2, 0) is 6.42 Å². The maximum Gasteiger partial charge on any atom is 0.227 e. The molecule has 1 aromatic carbocycles. The van der Waals surface area contributed by atoms with Gasteiger partial charge in [0, 0.05) is 18.5 Å². The summed E-state index contributed by atoms with van der Waals surface area (Å²) in [6.45, 7) is 4.61. The third-order valence-corrected chi connectivity index (χ3v) is 3.42. The highest BCUT2D eigenvalue weighted by Crippen LogP contribution is 2.37. The van der Waals surface area contributed by atoms with Gasteiger partial charge in [-0.2, -0.15) is 0 Å². The van der Waals surface area contributed by atoms with Gasteiger partial charge in [0.05, 0.1) is 5.92 Å². The van der Waals surface area contributed by atoms with E-state index in [1.807, 2.05) is 18.2 Å². The quantitative estimate of drug-likeness (QED) is 0.817. The van der Waals surface area contributed by atoms with E-state index in [0.717, 1.165) is 37.2 Å². The van der Waals surface area contributed by atoms with E-state index >= 15 is 0 Å². The molecular formula is C15H19N3O2. The Bertz CT molecular complexity index is 568. The molecule has 2 aromatic rings. The van der Waals surface area contributed by atoms with E-state index < -0.39 is 0 Å². The molecule has 0 saturated carbocycles. The van der Waals surface area contributed by atoms with Crippen molar-refractivity contribution >= 4 is 0 Å². The Morgan fingerprint density at radius 1 is 1.25 bits per heavy atom. The second-order valence-electron chi connectivity index (χ2n) is 4.94. The van der Waals surface area contributed by atoms with Gasteiger partial charge in [-0.25, -0.2) is 0 Å². The fraction of sp³-hybridized carbons (Fsp3) is 0.467. The van der Waals surface area contributed by atoms with Crippen LogP contribution in [0.5, 0.6) is 5.75 Å². The van der Waals surface area contributed by atoms with Gasteiger partial charge < -0.3 is 14.5 Å². The second-order valence-corrected chi connectivity index (χ2v) is 4.94. The number of ether oxygens (including phenoxy) is 1. The number of hydrogen-bond acceptors (Lipinski definition) is 5. The first-order chi connectivity index (χ1) is 9.88. The molecule has 0 aliphatic carbocycles. The standard InChI is InChI=1S/C15H19N3O2/c1-2-8-16-9-7-14-17-18-15(20-14)12-10-19-13-6-4-3-5-11(12)13/h3-6,12,16H,2,7-10H2,1H3. The van der Waals surface area contributed by atoms with Gasteiger partial charge in [0.2, 0.25) is 11.8 Å². The average molecular weight is 273 g/mol. The number of benzene rings is 1. The molecule has 1 aliphatic heterocycles. The molecule has 106 valence electrons. The summed E-state index contributed by atoms with van der Waals surface area (Å²) in [5, 5.41) is 11.6. The van der Waals surface area contributed by atoms with Crippen LogP contribution in [0.15, 0.2) is 28.7 Å². The summed E-state index contributed by atoms with van der Waals surface area (Å²) >= 11 is 0. The Hall–Kier alpha value is -1.88. The number of aromatic nitrogens is 2. The van der Waals surface area contributed by atoms with Crippen LogP contribution in [-0.4, -0.2) is 29.9 Å². The van der Waals surface area contributed by atoms with E-state index in [-0.39, 0.29) is 5.92 Å². The topological polar surface area (TPSA) is 60.2 Å². The van der Waals surface area contributed by atoms with Crippen LogP contribution in [0.1, 0.15) is 36.6 Å². The van der Waals surface area contributed by atoms with E-state index in [1.54, 1.807) is 0 Å². The molecule has 0 bridgehead atoms. The molecule has 1 aromatic heterocycles. The molecule has 1 aliphatic rings. The predicted octanol–water partition coefficient (Wildman–Crippen LogP) is 2.14. The van der Waals surface area contributed by atoms with Gasteiger partial charge in [0.1, 0.15) is 12.4 Å². The fourth-order valence-corrected chi connectivity index (χ4v) is 2.37. The van der Waals surface area contributed by atoms with E-state index in [4.69, 9.17) is 9.15 Å². The molecule has 20 heavy (non-hydrogen) atoms. The molecule has 2 heterocycles. The van der Waals surface area contributed by atoms with Crippen LogP contribution in [0.25, 0.3) is 0 Å². The van der Waals surface area contributed by atoms with Gasteiger partial charge in [0.15, 0.2) is 0 Å². The molecule has 0 radical (unpaired) electrons. The third kappa shape index (κ3) is 2.67. The van der Waals surface area contributed by atoms with Crippen molar-refractivity contribution in [3.05, 3.63) is 41.6 Å². The molecule has 0 fully saturated rings. The second kappa shape index (κ2) is 6.05. The van der Waals surface area contributed by atoms with Crippen molar-refractivity contribution in [2.75, 3.05) is 19.7 Å². The summed E-state index contributed by atoms with van der Waals surface area (Å²) in [5.74, 6) is 2.33. The van der Waals surface area contributed by atoms with E-state index in [1.165, 1.54) is 0 Å². The zero-order valence-corrected chi connectivity index (χ0v) is 11.6. The van der Waals surface area contributed by atoms with Crippen LogP contribution in [0.3, 0.4) is 0 Å². The van der Waals surface area contributed by atoms with Crippen molar-refractivity contribution in [2.45, 2.75) is 25.7 Å². The zero-order valence-electron chi connectivity index (χ0n) is 11.6. The van der Waals surface area contributed by atoms with E-state index in [0.29, 0.717) is 18.4 Å². The minimum absolute atomic E-state index is 0.0658.